The summed E-state index contributed by atoms with van der Waals surface area (Å²) in [5.74, 6) is -1.51. The molecule has 6 nitrogen and oxygen atoms in total. The second kappa shape index (κ2) is 10.1. The van der Waals surface area contributed by atoms with Crippen molar-refractivity contribution in [2.45, 2.75) is 26.2 Å². The third kappa shape index (κ3) is 7.15. The molecule has 0 heterocycles. The van der Waals surface area contributed by atoms with E-state index in [0.717, 1.165) is 5.56 Å². The van der Waals surface area contributed by atoms with E-state index in [1.165, 1.54) is 36.4 Å². The molecule has 0 bridgehead atoms. The Labute approximate surface area is 159 Å². The van der Waals surface area contributed by atoms with E-state index in [9.17, 15) is 25.2 Å². The van der Waals surface area contributed by atoms with Gasteiger partial charge in [0.1, 0.15) is 11.5 Å². The summed E-state index contributed by atoms with van der Waals surface area (Å²) in [6.45, 7) is 5.96. The first kappa shape index (κ1) is 24.4. The first-order chi connectivity index (χ1) is 10.1. The number of hydrogen-bond acceptors (Lipinski definition) is 5. The number of hydrogen-bond donors (Lipinski definition) is 2. The molecule has 2 rings (SSSR count). The second-order valence-electron chi connectivity index (χ2n) is 5.74. The number of carboxylic acid groups (broad SMARTS) is 1. The van der Waals surface area contributed by atoms with Gasteiger partial charge in [-0.2, -0.15) is 0 Å². The van der Waals surface area contributed by atoms with E-state index in [2.05, 4.69) is 0 Å². The molecule has 0 aromatic heterocycles. The molecule has 2 aromatic rings. The van der Waals surface area contributed by atoms with Gasteiger partial charge in [-0.05, 0) is 29.2 Å². The largest absolute Gasteiger partial charge is 2.00 e. The van der Waals surface area contributed by atoms with Crippen molar-refractivity contribution in [2.24, 2.45) is 0 Å². The first-order valence-electron chi connectivity index (χ1n) is 6.62. The Bertz CT molecular complexity index is 664. The standard InChI is InChI=1S/C10H14O2.C7H6O3.Bi.H2O/c1-10(2,3)8-6-7(11)4-5-9(8)12;8-6-4-2-1-3-5(6)7(9)10;;/h4-6,11-12H,1-3H3;1-4,8H,(H,9,10);;1H2/q;;+2;/p-2. The van der Waals surface area contributed by atoms with Gasteiger partial charge in [0.2, 0.25) is 0 Å². The molecule has 2 aromatic carbocycles. The SMILES string of the molecule is CC(C)(C)c1cc(O)ccc1O.O.O=C([O-])c1ccccc1[O-].[Bi+2]. The van der Waals surface area contributed by atoms with E-state index in [-0.39, 0.29) is 54.2 Å². The molecule has 0 saturated heterocycles. The van der Waals surface area contributed by atoms with Gasteiger partial charge in [-0.1, -0.05) is 50.8 Å². The summed E-state index contributed by atoms with van der Waals surface area (Å²) in [5, 5.41) is 39.4. The average molecular weight is 529 g/mol. The molecule has 0 amide bonds. The van der Waals surface area contributed by atoms with Crippen molar-refractivity contribution in [3.8, 4) is 17.2 Å². The van der Waals surface area contributed by atoms with E-state index >= 15 is 0 Å². The fourth-order valence-electron chi connectivity index (χ4n) is 1.76. The van der Waals surface area contributed by atoms with Crippen LogP contribution in [0, 0.1) is 0 Å². The maximum atomic E-state index is 10.6. The molecule has 3 radical (unpaired) electrons. The van der Waals surface area contributed by atoms with Crippen LogP contribution in [0.1, 0.15) is 36.7 Å². The summed E-state index contributed by atoms with van der Waals surface area (Å²) >= 11 is 0. The molecule has 0 atom stereocenters. The molecular formula is C17H20BiO6. The zero-order valence-electron chi connectivity index (χ0n) is 13.6. The quantitative estimate of drug-likeness (QED) is 0.405. The van der Waals surface area contributed by atoms with Gasteiger partial charge in [-0.3, -0.25) is 0 Å². The van der Waals surface area contributed by atoms with Crippen LogP contribution >= 0.6 is 0 Å². The summed E-state index contributed by atoms with van der Waals surface area (Å²) in [7, 11) is 0. The van der Waals surface area contributed by atoms with Crippen molar-refractivity contribution in [3.05, 3.63) is 53.6 Å². The zero-order valence-corrected chi connectivity index (χ0v) is 17.1. The Hall–Kier alpha value is -1.85. The number of rotatable bonds is 1. The Balaban J connectivity index is 0. The number of benzene rings is 2. The van der Waals surface area contributed by atoms with Crippen molar-refractivity contribution in [1.82, 2.24) is 0 Å². The molecule has 0 aliphatic heterocycles. The van der Waals surface area contributed by atoms with Crippen molar-refractivity contribution in [3.63, 3.8) is 0 Å². The molecule has 0 saturated carbocycles. The van der Waals surface area contributed by atoms with Crippen molar-refractivity contribution in [1.29, 1.82) is 0 Å². The summed E-state index contributed by atoms with van der Waals surface area (Å²) in [4.78, 5) is 10.1. The van der Waals surface area contributed by atoms with E-state index in [1.54, 1.807) is 6.07 Å². The zero-order chi connectivity index (χ0) is 16.9. The molecule has 0 aliphatic carbocycles. The van der Waals surface area contributed by atoms with Crippen LogP contribution in [-0.2, 0) is 5.41 Å². The van der Waals surface area contributed by atoms with Crippen LogP contribution in [0.15, 0.2) is 42.5 Å². The Morgan fingerprint density at radius 2 is 1.58 bits per heavy atom. The van der Waals surface area contributed by atoms with Gasteiger partial charge in [-0.15, -0.1) is 0 Å². The molecule has 24 heavy (non-hydrogen) atoms. The third-order valence-corrected chi connectivity index (χ3v) is 2.90. The number of aromatic carboxylic acids is 1. The van der Waals surface area contributed by atoms with Crippen LogP contribution < -0.4 is 10.2 Å². The minimum atomic E-state index is -1.43. The minimum Gasteiger partial charge on any atom is -0.872 e. The number of carbonyl (C=O) groups excluding carboxylic acids is 1. The number of aromatic hydroxyl groups is 2. The van der Waals surface area contributed by atoms with E-state index in [0.29, 0.717) is 0 Å². The molecule has 7 heteroatoms. The smallest absolute Gasteiger partial charge is 0.872 e. The Morgan fingerprint density at radius 3 is 1.96 bits per heavy atom. The monoisotopic (exact) mass is 529 g/mol. The van der Waals surface area contributed by atoms with Crippen molar-refractivity contribution in [2.75, 3.05) is 0 Å². The fourth-order valence-corrected chi connectivity index (χ4v) is 1.76. The van der Waals surface area contributed by atoms with Gasteiger partial charge in [0.05, 0.1) is 5.97 Å². The molecule has 0 unspecified atom stereocenters. The Kier molecular flexibility index (Phi) is 10.3. The van der Waals surface area contributed by atoms with Gasteiger partial charge in [0.15, 0.2) is 0 Å². The molecule has 0 fully saturated rings. The van der Waals surface area contributed by atoms with E-state index in [4.69, 9.17) is 0 Å². The normalized spacial score (nSPS) is 9.62. The summed E-state index contributed by atoms with van der Waals surface area (Å²) < 4.78 is 0. The number of carboxylic acids is 1. The van der Waals surface area contributed by atoms with Crippen LogP contribution in [0.3, 0.4) is 0 Å². The fraction of sp³-hybridized carbons (Fsp3) is 0.235. The van der Waals surface area contributed by atoms with Gasteiger partial charge >= 0.3 is 26.2 Å². The van der Waals surface area contributed by atoms with E-state index < -0.39 is 11.7 Å². The van der Waals surface area contributed by atoms with Gasteiger partial charge in [0, 0.05) is 5.56 Å². The predicted octanol–water partition coefficient (Wildman–Crippen LogP) is 0.313. The number of para-hydroxylation sites is 1. The maximum absolute atomic E-state index is 10.6. The number of phenols is 2. The predicted molar refractivity (Wildman–Crippen MR) is 88.1 cm³/mol. The van der Waals surface area contributed by atoms with Crippen molar-refractivity contribution < 1.29 is 30.7 Å². The molecule has 0 spiro atoms. The van der Waals surface area contributed by atoms with Crippen LogP contribution in [0.25, 0.3) is 0 Å². The summed E-state index contributed by atoms with van der Waals surface area (Å²) in [5.41, 5.74) is 0.341. The topological polar surface area (TPSA) is 135 Å². The number of phenolic OH excluding ortho intramolecular Hbond substituents is 2. The molecule has 0 aliphatic rings. The molecule has 4 N–H and O–H groups in total. The maximum Gasteiger partial charge on any atom is 2.00 e. The first-order valence-corrected chi connectivity index (χ1v) is 6.62. The third-order valence-electron chi connectivity index (χ3n) is 2.90. The average Bonchev–Trinajstić information content (AvgIpc) is 2.41. The van der Waals surface area contributed by atoms with Gasteiger partial charge < -0.3 is 30.7 Å². The number of carbonyl (C=O) groups is 1. The van der Waals surface area contributed by atoms with Crippen LogP contribution in [0.2, 0.25) is 0 Å². The Morgan fingerprint density at radius 1 is 1.04 bits per heavy atom. The van der Waals surface area contributed by atoms with Gasteiger partial charge in [-0.25, -0.2) is 0 Å². The molecule has 129 valence electrons. The second-order valence-corrected chi connectivity index (χ2v) is 5.74. The molecular weight excluding hydrogens is 509 g/mol. The minimum absolute atomic E-state index is 0. The van der Waals surface area contributed by atoms with Crippen LogP contribution in [0.5, 0.6) is 17.2 Å². The summed E-state index contributed by atoms with van der Waals surface area (Å²) in [6, 6.07) is 9.94. The summed E-state index contributed by atoms with van der Waals surface area (Å²) in [6.07, 6.45) is 0. The van der Waals surface area contributed by atoms with E-state index in [1.807, 2.05) is 20.8 Å². The van der Waals surface area contributed by atoms with Crippen LogP contribution in [-0.4, -0.2) is 47.9 Å². The van der Waals surface area contributed by atoms with Crippen molar-refractivity contribution >= 4 is 32.2 Å². The van der Waals surface area contributed by atoms with Crippen LogP contribution in [0.4, 0.5) is 0 Å². The van der Waals surface area contributed by atoms with Gasteiger partial charge in [0.25, 0.3) is 0 Å².